The first-order chi connectivity index (χ1) is 15.5. The van der Waals surface area contributed by atoms with Crippen LogP contribution in [0.5, 0.6) is 11.5 Å². The molecule has 1 atom stereocenters. The van der Waals surface area contributed by atoms with Gasteiger partial charge in [-0.25, -0.2) is 0 Å². The van der Waals surface area contributed by atoms with Gasteiger partial charge in [0, 0.05) is 22.5 Å². The molecule has 3 rings (SSSR count). The van der Waals surface area contributed by atoms with Gasteiger partial charge >= 0.3 is 5.97 Å². The highest BCUT2D eigenvalue weighted by Gasteiger charge is 2.21. The molecule has 0 fully saturated rings. The van der Waals surface area contributed by atoms with Gasteiger partial charge in [-0.05, 0) is 60.9 Å². The maximum absolute atomic E-state index is 12.3. The lowest BCUT2D eigenvalue weighted by Gasteiger charge is -2.22. The molecule has 168 valence electrons. The zero-order valence-corrected chi connectivity index (χ0v) is 20.4. The molecule has 7 heteroatoms. The molecule has 32 heavy (non-hydrogen) atoms. The predicted octanol–water partition coefficient (Wildman–Crippen LogP) is 6.76. The van der Waals surface area contributed by atoms with Gasteiger partial charge in [-0.3, -0.25) is 9.59 Å². The topological polar surface area (TPSA) is 61.8 Å². The first kappa shape index (κ1) is 24.0. The molecule has 1 aromatic heterocycles. The van der Waals surface area contributed by atoms with Crippen LogP contribution in [0, 0.1) is 0 Å². The van der Waals surface area contributed by atoms with Gasteiger partial charge in [0.25, 0.3) is 0 Å². The normalized spacial score (nSPS) is 11.6. The second kappa shape index (κ2) is 11.8. The van der Waals surface area contributed by atoms with Crippen LogP contribution in [0.3, 0.4) is 0 Å². The molecule has 0 saturated heterocycles. The summed E-state index contributed by atoms with van der Waals surface area (Å²) in [5, 5.41) is 4.03. The number of carbonyl (C=O) groups is 2. The van der Waals surface area contributed by atoms with Gasteiger partial charge in [-0.15, -0.1) is 0 Å². The second-order valence-electron chi connectivity index (χ2n) is 7.11. The zero-order valence-electron chi connectivity index (χ0n) is 18.0. The van der Waals surface area contributed by atoms with Crippen LogP contribution in [0.1, 0.15) is 54.3 Å². The summed E-state index contributed by atoms with van der Waals surface area (Å²) in [5.41, 5.74) is 2.42. The second-order valence-corrected chi connectivity index (χ2v) is 8.74. The minimum atomic E-state index is -0.458. The maximum atomic E-state index is 12.3. The molecule has 1 unspecified atom stereocenters. The first-order valence-corrected chi connectivity index (χ1v) is 12.1. The summed E-state index contributed by atoms with van der Waals surface area (Å²) >= 11 is 5.18. The highest BCUT2D eigenvalue weighted by atomic mass is 79.9. The van der Waals surface area contributed by atoms with E-state index in [9.17, 15) is 9.59 Å². The van der Waals surface area contributed by atoms with Gasteiger partial charge < -0.3 is 14.2 Å². The Balaban J connectivity index is 1.86. The number of ether oxygens (including phenoxy) is 3. The average Bonchev–Trinajstić information content (AvgIpc) is 3.29. The third kappa shape index (κ3) is 6.68. The molecular weight excluding hydrogens is 492 g/mol. The molecule has 0 aliphatic carbocycles. The molecule has 0 spiro atoms. The molecular formula is C25H25BrO5S. The van der Waals surface area contributed by atoms with Gasteiger partial charge in [0.2, 0.25) is 0 Å². The van der Waals surface area contributed by atoms with E-state index in [2.05, 4.69) is 15.9 Å². The van der Waals surface area contributed by atoms with Crippen molar-refractivity contribution in [3.8, 4) is 11.5 Å². The number of ketones is 1. The number of benzene rings is 2. The fourth-order valence-corrected chi connectivity index (χ4v) is 4.37. The van der Waals surface area contributed by atoms with Crippen molar-refractivity contribution >= 4 is 39.0 Å². The van der Waals surface area contributed by atoms with Crippen molar-refractivity contribution in [2.24, 2.45) is 0 Å². The monoisotopic (exact) mass is 516 g/mol. The van der Waals surface area contributed by atoms with Crippen LogP contribution in [0.15, 0.2) is 63.8 Å². The van der Waals surface area contributed by atoms with Crippen molar-refractivity contribution < 1.29 is 23.8 Å². The maximum Gasteiger partial charge on any atom is 0.305 e. The number of esters is 1. The molecule has 5 nitrogen and oxygen atoms in total. The van der Waals surface area contributed by atoms with Crippen molar-refractivity contribution in [1.29, 1.82) is 0 Å². The Morgan fingerprint density at radius 2 is 1.94 bits per heavy atom. The van der Waals surface area contributed by atoms with E-state index in [4.69, 9.17) is 14.2 Å². The van der Waals surface area contributed by atoms with Crippen LogP contribution in [-0.2, 0) is 16.1 Å². The van der Waals surface area contributed by atoms with E-state index in [1.54, 1.807) is 36.5 Å². The summed E-state index contributed by atoms with van der Waals surface area (Å²) in [6, 6.07) is 14.9. The lowest BCUT2D eigenvalue weighted by atomic mass is 10.0. The van der Waals surface area contributed by atoms with E-state index in [-0.39, 0.29) is 18.2 Å². The molecule has 0 bridgehead atoms. The Labute approximate surface area is 200 Å². The van der Waals surface area contributed by atoms with Gasteiger partial charge in [0.15, 0.2) is 5.78 Å². The SMILES string of the molecule is CCOC(=O)CCC(Oc1cc(OCc2ccsc2)ccc1C(C)=O)c1ccccc1Br. The molecule has 2 aromatic carbocycles. The van der Waals surface area contributed by atoms with Crippen LogP contribution in [0.4, 0.5) is 0 Å². The lowest BCUT2D eigenvalue weighted by Crippen LogP contribution is -2.14. The molecule has 0 saturated carbocycles. The quantitative estimate of drug-likeness (QED) is 0.208. The first-order valence-electron chi connectivity index (χ1n) is 10.3. The molecule has 0 N–H and O–H groups in total. The minimum absolute atomic E-state index is 0.111. The highest BCUT2D eigenvalue weighted by Crippen LogP contribution is 2.35. The number of carbonyl (C=O) groups excluding carboxylic acids is 2. The number of hydrogen-bond donors (Lipinski definition) is 0. The summed E-state index contributed by atoms with van der Waals surface area (Å²) in [6.07, 6.45) is 0.141. The van der Waals surface area contributed by atoms with Crippen LogP contribution in [0.2, 0.25) is 0 Å². The Hall–Kier alpha value is -2.64. The third-order valence-corrected chi connectivity index (χ3v) is 6.21. The Bertz CT molecular complexity index is 1050. The number of rotatable bonds is 11. The molecule has 3 aromatic rings. The molecule has 0 amide bonds. The average molecular weight is 517 g/mol. The molecule has 1 heterocycles. The standard InChI is InChI=1S/C25H25BrO5S/c1-3-29-25(28)11-10-23(21-6-4-5-7-22(21)26)31-24-14-19(8-9-20(24)17(2)27)30-15-18-12-13-32-16-18/h4-9,12-14,16,23H,3,10-11,15H2,1-2H3. The summed E-state index contributed by atoms with van der Waals surface area (Å²) in [6.45, 7) is 4.04. The lowest BCUT2D eigenvalue weighted by molar-refractivity contribution is -0.143. The van der Waals surface area contributed by atoms with E-state index in [1.165, 1.54) is 6.92 Å². The van der Waals surface area contributed by atoms with Crippen molar-refractivity contribution in [2.45, 2.75) is 39.4 Å². The fourth-order valence-electron chi connectivity index (χ4n) is 3.17. The summed E-state index contributed by atoms with van der Waals surface area (Å²) in [7, 11) is 0. The van der Waals surface area contributed by atoms with Gasteiger partial charge in [-0.1, -0.05) is 34.1 Å². The summed E-state index contributed by atoms with van der Waals surface area (Å²) < 4.78 is 18.2. The van der Waals surface area contributed by atoms with E-state index >= 15 is 0 Å². The van der Waals surface area contributed by atoms with E-state index in [1.807, 2.05) is 41.1 Å². The van der Waals surface area contributed by atoms with Crippen LogP contribution < -0.4 is 9.47 Å². The Kier molecular flexibility index (Phi) is 8.88. The van der Waals surface area contributed by atoms with Gasteiger partial charge in [-0.2, -0.15) is 11.3 Å². The Morgan fingerprint density at radius 1 is 1.12 bits per heavy atom. The molecule has 0 radical (unpaired) electrons. The minimum Gasteiger partial charge on any atom is -0.489 e. The highest BCUT2D eigenvalue weighted by molar-refractivity contribution is 9.10. The van der Waals surface area contributed by atoms with Crippen molar-refractivity contribution in [2.75, 3.05) is 6.61 Å². The van der Waals surface area contributed by atoms with E-state index < -0.39 is 6.10 Å². The van der Waals surface area contributed by atoms with Crippen LogP contribution in [-0.4, -0.2) is 18.4 Å². The van der Waals surface area contributed by atoms with Crippen molar-refractivity contribution in [1.82, 2.24) is 0 Å². The summed E-state index contributed by atoms with van der Waals surface area (Å²) in [4.78, 5) is 24.2. The number of thiophene rings is 1. The number of halogens is 1. The van der Waals surface area contributed by atoms with Gasteiger partial charge in [0.05, 0.1) is 12.2 Å². The fraction of sp³-hybridized carbons (Fsp3) is 0.280. The number of hydrogen-bond acceptors (Lipinski definition) is 6. The van der Waals surface area contributed by atoms with Crippen molar-refractivity contribution in [3.05, 3.63) is 80.5 Å². The predicted molar refractivity (Wildman–Crippen MR) is 128 cm³/mol. The third-order valence-electron chi connectivity index (χ3n) is 4.76. The molecule has 0 aliphatic heterocycles. The smallest absolute Gasteiger partial charge is 0.305 e. The van der Waals surface area contributed by atoms with Crippen LogP contribution in [0.25, 0.3) is 0 Å². The zero-order chi connectivity index (χ0) is 22.9. The van der Waals surface area contributed by atoms with E-state index in [0.717, 1.165) is 15.6 Å². The van der Waals surface area contributed by atoms with Crippen molar-refractivity contribution in [3.63, 3.8) is 0 Å². The molecule has 0 aliphatic rings. The van der Waals surface area contributed by atoms with Crippen LogP contribution >= 0.6 is 27.3 Å². The summed E-state index contributed by atoms with van der Waals surface area (Å²) in [5.74, 6) is 0.630. The number of Topliss-reactive ketones (excluding diaryl/α,β-unsaturated/α-hetero) is 1. The Morgan fingerprint density at radius 3 is 2.62 bits per heavy atom. The van der Waals surface area contributed by atoms with Gasteiger partial charge in [0.1, 0.15) is 24.2 Å². The largest absolute Gasteiger partial charge is 0.489 e. The van der Waals surface area contributed by atoms with E-state index in [0.29, 0.717) is 36.7 Å².